The number of ether oxygens (including phenoxy) is 1. The van der Waals surface area contributed by atoms with Gasteiger partial charge in [-0.05, 0) is 60.0 Å². The van der Waals surface area contributed by atoms with Crippen molar-refractivity contribution in [3.8, 4) is 5.75 Å². The van der Waals surface area contributed by atoms with Crippen LogP contribution >= 0.6 is 0 Å². The molecule has 2 aromatic carbocycles. The lowest BCUT2D eigenvalue weighted by Gasteiger charge is -2.13. The van der Waals surface area contributed by atoms with E-state index in [-0.39, 0.29) is 16.2 Å². The van der Waals surface area contributed by atoms with Crippen molar-refractivity contribution < 1.29 is 17.9 Å². The van der Waals surface area contributed by atoms with E-state index >= 15 is 0 Å². The third-order valence-electron chi connectivity index (χ3n) is 4.53. The quantitative estimate of drug-likeness (QED) is 0.577. The molecular weight excluding hydrogens is 402 g/mol. The summed E-state index contributed by atoms with van der Waals surface area (Å²) in [6.45, 7) is 2.33. The molecule has 1 heterocycles. The predicted octanol–water partition coefficient (Wildman–Crippen LogP) is 3.38. The molecule has 0 aliphatic heterocycles. The number of benzene rings is 2. The molecule has 0 saturated carbocycles. The van der Waals surface area contributed by atoms with Gasteiger partial charge in [0.25, 0.3) is 15.9 Å². The van der Waals surface area contributed by atoms with E-state index in [2.05, 4.69) is 15.0 Å². The number of nitrogens with one attached hydrogen (secondary N) is 2. The van der Waals surface area contributed by atoms with Gasteiger partial charge in [0.15, 0.2) is 0 Å². The van der Waals surface area contributed by atoms with Crippen LogP contribution in [0.1, 0.15) is 28.4 Å². The van der Waals surface area contributed by atoms with Gasteiger partial charge in [0.05, 0.1) is 7.11 Å². The maximum Gasteiger partial charge on any atom is 0.265 e. The standard InChI is InChI=1S/C22H23N3O4S/c1-3-16-4-7-19(8-5-16)25-30(27,28)21-14-18(6-9-20(21)29-2)22(26)24-15-17-10-12-23-13-11-17/h4-14,25H,3,15H2,1-2H3,(H,24,26). The number of carbonyl (C=O) groups excluding carboxylic acids is 1. The number of sulfonamides is 1. The minimum absolute atomic E-state index is 0.110. The second-order valence-corrected chi connectivity index (χ2v) is 8.21. The van der Waals surface area contributed by atoms with Crippen LogP contribution in [0.5, 0.6) is 5.75 Å². The molecule has 156 valence electrons. The fourth-order valence-electron chi connectivity index (χ4n) is 2.83. The monoisotopic (exact) mass is 425 g/mol. The molecule has 8 heteroatoms. The van der Waals surface area contributed by atoms with E-state index in [9.17, 15) is 13.2 Å². The third kappa shape index (κ3) is 5.15. The zero-order valence-corrected chi connectivity index (χ0v) is 17.6. The summed E-state index contributed by atoms with van der Waals surface area (Å²) in [6, 6.07) is 15.0. The Kier molecular flexibility index (Phi) is 6.68. The molecule has 0 radical (unpaired) electrons. The molecule has 0 spiro atoms. The Bertz CT molecular complexity index is 1110. The summed E-state index contributed by atoms with van der Waals surface area (Å²) in [4.78, 5) is 16.4. The molecule has 0 saturated heterocycles. The lowest BCUT2D eigenvalue weighted by molar-refractivity contribution is 0.0950. The van der Waals surface area contributed by atoms with Crippen LogP contribution in [0.15, 0.2) is 71.9 Å². The molecule has 7 nitrogen and oxygen atoms in total. The van der Waals surface area contributed by atoms with Crippen molar-refractivity contribution in [2.24, 2.45) is 0 Å². The van der Waals surface area contributed by atoms with Crippen LogP contribution in [0.4, 0.5) is 5.69 Å². The average Bonchev–Trinajstić information content (AvgIpc) is 2.78. The van der Waals surface area contributed by atoms with E-state index in [1.807, 2.05) is 19.1 Å². The van der Waals surface area contributed by atoms with E-state index in [1.54, 1.807) is 36.7 Å². The van der Waals surface area contributed by atoms with Gasteiger partial charge in [0, 0.05) is 30.2 Å². The van der Waals surface area contributed by atoms with Gasteiger partial charge < -0.3 is 10.1 Å². The van der Waals surface area contributed by atoms with Crippen LogP contribution in [-0.2, 0) is 23.0 Å². The molecule has 0 atom stereocenters. The molecule has 0 fully saturated rings. The highest BCUT2D eigenvalue weighted by atomic mass is 32.2. The SMILES string of the molecule is CCc1ccc(NS(=O)(=O)c2cc(C(=O)NCc3ccncc3)ccc2OC)cc1. The Morgan fingerprint density at radius 1 is 1.00 bits per heavy atom. The smallest absolute Gasteiger partial charge is 0.265 e. The van der Waals surface area contributed by atoms with E-state index in [0.717, 1.165) is 17.5 Å². The van der Waals surface area contributed by atoms with Gasteiger partial charge in [0.2, 0.25) is 0 Å². The van der Waals surface area contributed by atoms with Crippen molar-refractivity contribution in [2.45, 2.75) is 24.8 Å². The van der Waals surface area contributed by atoms with E-state index < -0.39 is 15.9 Å². The predicted molar refractivity (Wildman–Crippen MR) is 115 cm³/mol. The fourth-order valence-corrected chi connectivity index (χ4v) is 4.09. The first-order valence-corrected chi connectivity index (χ1v) is 10.9. The van der Waals surface area contributed by atoms with Crippen molar-refractivity contribution in [3.63, 3.8) is 0 Å². The van der Waals surface area contributed by atoms with Crippen LogP contribution in [0, 0.1) is 0 Å². The molecule has 3 aromatic rings. The lowest BCUT2D eigenvalue weighted by atomic mass is 10.2. The summed E-state index contributed by atoms with van der Waals surface area (Å²) >= 11 is 0. The van der Waals surface area contributed by atoms with Gasteiger partial charge in [0.1, 0.15) is 10.6 Å². The largest absolute Gasteiger partial charge is 0.495 e. The van der Waals surface area contributed by atoms with Gasteiger partial charge in [-0.3, -0.25) is 14.5 Å². The number of carbonyl (C=O) groups is 1. The first-order chi connectivity index (χ1) is 14.4. The maximum atomic E-state index is 13.0. The average molecular weight is 426 g/mol. The summed E-state index contributed by atoms with van der Waals surface area (Å²) in [5.41, 5.74) is 2.63. The van der Waals surface area contributed by atoms with Crippen molar-refractivity contribution >= 4 is 21.6 Å². The normalized spacial score (nSPS) is 11.0. The number of rotatable bonds is 8. The highest BCUT2D eigenvalue weighted by Gasteiger charge is 2.22. The lowest BCUT2D eigenvalue weighted by Crippen LogP contribution is -2.23. The van der Waals surface area contributed by atoms with Crippen LogP contribution in [0.2, 0.25) is 0 Å². The Labute approximate surface area is 176 Å². The van der Waals surface area contributed by atoms with Crippen LogP contribution in [-0.4, -0.2) is 26.4 Å². The fraction of sp³-hybridized carbons (Fsp3) is 0.182. The number of hydrogen-bond acceptors (Lipinski definition) is 5. The molecule has 1 amide bonds. The number of aryl methyl sites for hydroxylation is 1. The summed E-state index contributed by atoms with van der Waals surface area (Å²) in [5.74, 6) is -0.239. The Morgan fingerprint density at radius 3 is 2.33 bits per heavy atom. The number of amides is 1. The molecule has 2 N–H and O–H groups in total. The molecule has 0 aliphatic carbocycles. The molecule has 0 aliphatic rings. The van der Waals surface area contributed by atoms with Crippen molar-refractivity contribution in [2.75, 3.05) is 11.8 Å². The van der Waals surface area contributed by atoms with Gasteiger partial charge in [-0.1, -0.05) is 19.1 Å². The number of methoxy groups -OCH3 is 1. The number of aromatic nitrogens is 1. The second-order valence-electron chi connectivity index (χ2n) is 6.56. The number of hydrogen-bond donors (Lipinski definition) is 2. The molecule has 3 rings (SSSR count). The Morgan fingerprint density at radius 2 is 1.70 bits per heavy atom. The second kappa shape index (κ2) is 9.41. The van der Waals surface area contributed by atoms with E-state index in [1.165, 1.54) is 25.3 Å². The topological polar surface area (TPSA) is 97.4 Å². The number of anilines is 1. The zero-order valence-electron chi connectivity index (χ0n) is 16.8. The molecular formula is C22H23N3O4S. The van der Waals surface area contributed by atoms with Gasteiger partial charge in [-0.2, -0.15) is 0 Å². The Hall–Kier alpha value is -3.39. The highest BCUT2D eigenvalue weighted by molar-refractivity contribution is 7.92. The van der Waals surface area contributed by atoms with Crippen molar-refractivity contribution in [3.05, 3.63) is 83.7 Å². The Balaban J connectivity index is 1.82. The summed E-state index contributed by atoms with van der Waals surface area (Å²) in [7, 11) is -2.58. The van der Waals surface area contributed by atoms with Gasteiger partial charge in [-0.25, -0.2) is 8.42 Å². The molecule has 30 heavy (non-hydrogen) atoms. The highest BCUT2D eigenvalue weighted by Crippen LogP contribution is 2.27. The molecule has 1 aromatic heterocycles. The maximum absolute atomic E-state index is 13.0. The first-order valence-electron chi connectivity index (χ1n) is 9.40. The van der Waals surface area contributed by atoms with E-state index in [0.29, 0.717) is 12.2 Å². The third-order valence-corrected chi connectivity index (χ3v) is 5.93. The van der Waals surface area contributed by atoms with Gasteiger partial charge in [-0.15, -0.1) is 0 Å². The minimum atomic E-state index is -3.96. The zero-order chi connectivity index (χ0) is 21.6. The summed E-state index contributed by atoms with van der Waals surface area (Å²) < 4.78 is 33.7. The summed E-state index contributed by atoms with van der Waals surface area (Å²) in [5, 5.41) is 2.77. The summed E-state index contributed by atoms with van der Waals surface area (Å²) in [6.07, 6.45) is 4.13. The minimum Gasteiger partial charge on any atom is -0.495 e. The van der Waals surface area contributed by atoms with Crippen molar-refractivity contribution in [1.29, 1.82) is 0 Å². The number of pyridine rings is 1. The van der Waals surface area contributed by atoms with Crippen LogP contribution in [0.25, 0.3) is 0 Å². The first kappa shape index (κ1) is 21.3. The van der Waals surface area contributed by atoms with Crippen LogP contribution < -0.4 is 14.8 Å². The van der Waals surface area contributed by atoms with Gasteiger partial charge >= 0.3 is 0 Å². The molecule has 0 unspecified atom stereocenters. The van der Waals surface area contributed by atoms with Crippen LogP contribution in [0.3, 0.4) is 0 Å². The number of nitrogens with zero attached hydrogens (tertiary/aromatic N) is 1. The van der Waals surface area contributed by atoms with Crippen molar-refractivity contribution in [1.82, 2.24) is 10.3 Å². The molecule has 0 bridgehead atoms. The van der Waals surface area contributed by atoms with E-state index in [4.69, 9.17) is 4.74 Å².